The number of halogens is 1. The van der Waals surface area contributed by atoms with Crippen molar-refractivity contribution >= 4 is 28.0 Å². The molecule has 130 valence electrons. The molecule has 0 spiro atoms. The molecule has 7 nitrogen and oxygen atoms in total. The number of ether oxygens (including phenoxy) is 1. The maximum absolute atomic E-state index is 11.7. The molecule has 8 heteroatoms. The monoisotopic (exact) mass is 395 g/mol. The summed E-state index contributed by atoms with van der Waals surface area (Å²) >= 11 is 3.33. The van der Waals surface area contributed by atoms with Crippen LogP contribution in [0.4, 0.5) is 10.7 Å². The van der Waals surface area contributed by atoms with Crippen LogP contribution in [0.2, 0.25) is 0 Å². The minimum atomic E-state index is -0.400. The number of hydrogen-bond acceptors (Lipinski definition) is 6. The van der Waals surface area contributed by atoms with Gasteiger partial charge in [0.25, 0.3) is 0 Å². The molecule has 2 rings (SSSR count). The molecule has 2 heterocycles. The number of amides is 1. The first-order valence-corrected chi connectivity index (χ1v) is 8.63. The summed E-state index contributed by atoms with van der Waals surface area (Å²) in [6.45, 7) is 9.40. The Labute approximate surface area is 150 Å². The minimum Gasteiger partial charge on any atom is -0.449 e. The maximum atomic E-state index is 11.7. The van der Waals surface area contributed by atoms with E-state index in [-0.39, 0.29) is 11.5 Å². The number of aromatic nitrogens is 2. The van der Waals surface area contributed by atoms with E-state index in [1.807, 2.05) is 32.6 Å². The average Bonchev–Trinajstić information content (AvgIpc) is 2.95. The Morgan fingerprint density at radius 3 is 2.83 bits per heavy atom. The third-order valence-corrected chi connectivity index (χ3v) is 4.56. The number of nitriles is 1. The maximum Gasteiger partial charge on any atom is 0.407 e. The molecule has 0 bridgehead atoms. The van der Waals surface area contributed by atoms with Crippen molar-refractivity contribution in [3.63, 3.8) is 0 Å². The molecular weight excluding hydrogens is 374 g/mol. The smallest absolute Gasteiger partial charge is 0.407 e. The number of alkyl carbamates (subject to hydrolysis) is 1. The van der Waals surface area contributed by atoms with Gasteiger partial charge in [-0.3, -0.25) is 0 Å². The third-order valence-electron chi connectivity index (χ3n) is 3.61. The molecule has 24 heavy (non-hydrogen) atoms. The van der Waals surface area contributed by atoms with E-state index >= 15 is 0 Å². The van der Waals surface area contributed by atoms with E-state index in [2.05, 4.69) is 37.3 Å². The van der Waals surface area contributed by atoms with E-state index in [1.54, 1.807) is 0 Å². The topological polar surface area (TPSA) is 91.1 Å². The van der Waals surface area contributed by atoms with Crippen LogP contribution < -0.4 is 10.2 Å². The Balaban J connectivity index is 1.93. The highest BCUT2D eigenvalue weighted by molar-refractivity contribution is 9.10. The van der Waals surface area contributed by atoms with Crippen LogP contribution in [0.3, 0.4) is 0 Å². The highest BCUT2D eigenvalue weighted by Crippen LogP contribution is 2.25. The lowest BCUT2D eigenvalue weighted by Gasteiger charge is -2.21. The SMILES string of the molecule is Cc1nc(N2CC[C@@H](COC(=O)NC(C)(C)C)C2)nc(C#N)c1Br. The average molecular weight is 396 g/mol. The fraction of sp³-hybridized carbons (Fsp3) is 0.625. The second-order valence-electron chi connectivity index (χ2n) is 6.96. The van der Waals surface area contributed by atoms with Crippen LogP contribution >= 0.6 is 15.9 Å². The van der Waals surface area contributed by atoms with Gasteiger partial charge in [0.05, 0.1) is 16.8 Å². The number of nitrogens with zero attached hydrogens (tertiary/aromatic N) is 4. The molecule has 1 aromatic heterocycles. The standard InChI is InChI=1S/C16H22BrN5O2/c1-10-13(17)12(7-18)20-14(19-10)22-6-5-11(8-22)9-24-15(23)21-16(2,3)4/h11H,5-6,8-9H2,1-4H3,(H,21,23)/t11-/m1/s1. The van der Waals surface area contributed by atoms with Crippen LogP contribution in [-0.2, 0) is 4.74 Å². The van der Waals surface area contributed by atoms with Crippen molar-refractivity contribution in [2.24, 2.45) is 5.92 Å². The molecule has 1 N–H and O–H groups in total. The zero-order chi connectivity index (χ0) is 17.9. The van der Waals surface area contributed by atoms with Crippen LogP contribution in [0.15, 0.2) is 4.47 Å². The van der Waals surface area contributed by atoms with Gasteiger partial charge in [0.1, 0.15) is 6.07 Å². The fourth-order valence-electron chi connectivity index (χ4n) is 2.45. The van der Waals surface area contributed by atoms with Gasteiger partial charge in [0.2, 0.25) is 5.95 Å². The molecular formula is C16H22BrN5O2. The molecule has 1 saturated heterocycles. The van der Waals surface area contributed by atoms with E-state index in [4.69, 9.17) is 10.00 Å². The Kier molecular flexibility index (Phi) is 5.65. The molecule has 1 atom stereocenters. The van der Waals surface area contributed by atoms with Gasteiger partial charge in [-0.2, -0.15) is 5.26 Å². The lowest BCUT2D eigenvalue weighted by atomic mass is 10.1. The van der Waals surface area contributed by atoms with Crippen molar-refractivity contribution in [1.29, 1.82) is 5.26 Å². The summed E-state index contributed by atoms with van der Waals surface area (Å²) < 4.78 is 5.93. The van der Waals surface area contributed by atoms with Gasteiger partial charge in [-0.15, -0.1) is 0 Å². The first kappa shape index (κ1) is 18.5. The zero-order valence-electron chi connectivity index (χ0n) is 14.4. The molecule has 1 fully saturated rings. The van der Waals surface area contributed by atoms with Gasteiger partial charge in [-0.05, 0) is 50.0 Å². The number of aryl methyl sites for hydroxylation is 1. The van der Waals surface area contributed by atoms with Gasteiger partial charge in [-0.25, -0.2) is 14.8 Å². The van der Waals surface area contributed by atoms with Crippen molar-refractivity contribution in [3.05, 3.63) is 15.9 Å². The number of carbonyl (C=O) groups excluding carboxylic acids is 1. The van der Waals surface area contributed by atoms with E-state index in [9.17, 15) is 4.79 Å². The molecule has 1 amide bonds. The van der Waals surface area contributed by atoms with Gasteiger partial charge in [0.15, 0.2) is 5.69 Å². The summed E-state index contributed by atoms with van der Waals surface area (Å²) in [4.78, 5) is 22.5. The van der Waals surface area contributed by atoms with Crippen molar-refractivity contribution in [2.45, 2.75) is 39.7 Å². The normalized spacial score (nSPS) is 17.5. The molecule has 1 aromatic rings. The number of nitrogens with one attached hydrogen (secondary N) is 1. The van der Waals surface area contributed by atoms with Crippen LogP contribution in [0.1, 0.15) is 38.6 Å². The highest BCUT2D eigenvalue weighted by Gasteiger charge is 2.27. The lowest BCUT2D eigenvalue weighted by Crippen LogP contribution is -2.41. The van der Waals surface area contributed by atoms with Crippen molar-refractivity contribution in [3.8, 4) is 6.07 Å². The minimum absolute atomic E-state index is 0.230. The Morgan fingerprint density at radius 2 is 2.21 bits per heavy atom. The van der Waals surface area contributed by atoms with E-state index in [1.165, 1.54) is 0 Å². The van der Waals surface area contributed by atoms with Gasteiger partial charge < -0.3 is 15.0 Å². The number of anilines is 1. The molecule has 0 saturated carbocycles. The van der Waals surface area contributed by atoms with E-state index in [0.717, 1.165) is 18.7 Å². The summed E-state index contributed by atoms with van der Waals surface area (Å²) in [5, 5.41) is 11.9. The van der Waals surface area contributed by atoms with Gasteiger partial charge in [-0.1, -0.05) is 0 Å². The molecule has 1 aliphatic rings. The van der Waals surface area contributed by atoms with Gasteiger partial charge in [0, 0.05) is 24.5 Å². The van der Waals surface area contributed by atoms with Crippen LogP contribution in [0, 0.1) is 24.2 Å². The van der Waals surface area contributed by atoms with Crippen molar-refractivity contribution < 1.29 is 9.53 Å². The molecule has 0 radical (unpaired) electrons. The summed E-state index contributed by atoms with van der Waals surface area (Å²) in [6.07, 6.45) is 0.492. The predicted molar refractivity (Wildman–Crippen MR) is 93.7 cm³/mol. The molecule has 0 aliphatic carbocycles. The molecule has 1 aliphatic heterocycles. The Morgan fingerprint density at radius 1 is 1.50 bits per heavy atom. The largest absolute Gasteiger partial charge is 0.449 e. The number of hydrogen-bond donors (Lipinski definition) is 1. The van der Waals surface area contributed by atoms with Crippen molar-refractivity contribution in [1.82, 2.24) is 15.3 Å². The van der Waals surface area contributed by atoms with E-state index < -0.39 is 6.09 Å². The number of rotatable bonds is 3. The van der Waals surface area contributed by atoms with Crippen molar-refractivity contribution in [2.75, 3.05) is 24.6 Å². The Bertz CT molecular complexity index is 666. The quantitative estimate of drug-likeness (QED) is 0.845. The first-order valence-electron chi connectivity index (χ1n) is 7.83. The lowest BCUT2D eigenvalue weighted by molar-refractivity contribution is 0.123. The fourth-order valence-corrected chi connectivity index (χ4v) is 2.71. The van der Waals surface area contributed by atoms with Crippen LogP contribution in [0.25, 0.3) is 0 Å². The Hall–Kier alpha value is -1.88. The van der Waals surface area contributed by atoms with E-state index in [0.29, 0.717) is 29.3 Å². The number of carbonyl (C=O) groups is 1. The predicted octanol–water partition coefficient (Wildman–Crippen LogP) is 2.77. The van der Waals surface area contributed by atoms with Crippen LogP contribution in [0.5, 0.6) is 0 Å². The second-order valence-corrected chi connectivity index (χ2v) is 7.75. The zero-order valence-corrected chi connectivity index (χ0v) is 16.0. The summed E-state index contributed by atoms with van der Waals surface area (Å²) in [6, 6.07) is 2.07. The van der Waals surface area contributed by atoms with Gasteiger partial charge >= 0.3 is 6.09 Å². The molecule has 0 unspecified atom stereocenters. The third kappa shape index (κ3) is 4.81. The summed E-state index contributed by atoms with van der Waals surface area (Å²) in [5.41, 5.74) is 0.762. The van der Waals surface area contributed by atoms with Crippen LogP contribution in [-0.4, -0.2) is 41.3 Å². The summed E-state index contributed by atoms with van der Waals surface area (Å²) in [7, 11) is 0. The summed E-state index contributed by atoms with van der Waals surface area (Å²) in [5.74, 6) is 0.780. The first-order chi connectivity index (χ1) is 11.2. The highest BCUT2D eigenvalue weighted by atomic mass is 79.9. The second kappa shape index (κ2) is 7.34. The molecule has 0 aromatic carbocycles.